The first-order valence-corrected chi connectivity index (χ1v) is 11.8. The van der Waals surface area contributed by atoms with E-state index in [0.717, 1.165) is 36.4 Å². The Morgan fingerprint density at radius 3 is 2.06 bits per heavy atom. The maximum Gasteiger partial charge on any atom is 0.409 e. The number of piperazine rings is 2. The van der Waals surface area contributed by atoms with Crippen LogP contribution in [-0.2, 0) is 16.0 Å². The summed E-state index contributed by atoms with van der Waals surface area (Å²) in [5, 5.41) is 0.968. The number of aromatic nitrogens is 2. The fourth-order valence-corrected chi connectivity index (χ4v) is 4.34. The molecular weight excluding hydrogens is 438 g/mol. The summed E-state index contributed by atoms with van der Waals surface area (Å²) in [6, 6.07) is 5.87. The van der Waals surface area contributed by atoms with Gasteiger partial charge in [-0.3, -0.25) is 4.90 Å². The van der Waals surface area contributed by atoms with Gasteiger partial charge < -0.3 is 29.9 Å². The van der Waals surface area contributed by atoms with Crippen LogP contribution in [0.1, 0.15) is 19.4 Å². The molecule has 2 saturated heterocycles. The quantitative estimate of drug-likeness (QED) is 0.696. The summed E-state index contributed by atoms with van der Waals surface area (Å²) in [6.07, 6.45) is -0.522. The van der Waals surface area contributed by atoms with Gasteiger partial charge in [-0.15, -0.1) is 0 Å². The monoisotopic (exact) mass is 471 g/mol. The summed E-state index contributed by atoms with van der Waals surface area (Å²) in [7, 11) is 0. The van der Waals surface area contributed by atoms with Crippen LogP contribution in [0.15, 0.2) is 18.2 Å². The summed E-state index contributed by atoms with van der Waals surface area (Å²) >= 11 is 0. The molecule has 2 fully saturated rings. The molecule has 0 aliphatic carbocycles. The highest BCUT2D eigenvalue weighted by atomic mass is 16.6. The van der Waals surface area contributed by atoms with Crippen molar-refractivity contribution in [1.82, 2.24) is 24.7 Å². The summed E-state index contributed by atoms with van der Waals surface area (Å²) in [6.45, 7) is 10.4. The first-order chi connectivity index (χ1) is 16.5. The van der Waals surface area contributed by atoms with Gasteiger partial charge in [0.05, 0.1) is 13.2 Å². The van der Waals surface area contributed by atoms with Crippen molar-refractivity contribution in [1.29, 1.82) is 0 Å². The molecule has 11 nitrogen and oxygen atoms in total. The summed E-state index contributed by atoms with van der Waals surface area (Å²) in [5.41, 5.74) is 7.68. The smallest absolute Gasteiger partial charge is 0.409 e. The summed E-state index contributed by atoms with van der Waals surface area (Å²) in [4.78, 5) is 41.3. The highest BCUT2D eigenvalue weighted by molar-refractivity contribution is 5.82. The number of rotatable bonds is 5. The number of nitrogens with two attached hydrogens (primary N) is 1. The highest BCUT2D eigenvalue weighted by Crippen LogP contribution is 2.25. The molecule has 2 aromatic heterocycles. The molecule has 0 spiro atoms. The van der Waals surface area contributed by atoms with E-state index in [9.17, 15) is 9.59 Å². The highest BCUT2D eigenvalue weighted by Gasteiger charge is 2.25. The number of amides is 2. The van der Waals surface area contributed by atoms with Gasteiger partial charge in [-0.25, -0.2) is 19.6 Å². The average molecular weight is 472 g/mol. The van der Waals surface area contributed by atoms with Gasteiger partial charge in [0.25, 0.3) is 0 Å². The van der Waals surface area contributed by atoms with Gasteiger partial charge in [0.15, 0.2) is 5.65 Å². The lowest BCUT2D eigenvalue weighted by Crippen LogP contribution is -2.49. The van der Waals surface area contributed by atoms with Crippen LogP contribution in [-0.4, -0.2) is 102 Å². The SMILES string of the molecule is CCOC(=O)N1CCN(Cc2cc(N3CCN(C(=O)OCC)CC3)nc3nc(N)ccc23)CC1. The van der Waals surface area contributed by atoms with E-state index in [0.29, 0.717) is 63.9 Å². The number of anilines is 2. The maximum atomic E-state index is 12.0. The van der Waals surface area contributed by atoms with Crippen molar-refractivity contribution in [2.45, 2.75) is 20.4 Å². The van der Waals surface area contributed by atoms with Crippen LogP contribution in [0.3, 0.4) is 0 Å². The number of hydrogen-bond acceptors (Lipinski definition) is 9. The van der Waals surface area contributed by atoms with Crippen molar-refractivity contribution < 1.29 is 19.1 Å². The summed E-state index contributed by atoms with van der Waals surface area (Å²) < 4.78 is 10.2. The zero-order chi connectivity index (χ0) is 24.1. The van der Waals surface area contributed by atoms with Crippen LogP contribution < -0.4 is 10.6 Å². The van der Waals surface area contributed by atoms with E-state index in [1.165, 1.54) is 0 Å². The van der Waals surface area contributed by atoms with E-state index in [4.69, 9.17) is 20.2 Å². The minimum absolute atomic E-state index is 0.250. The first-order valence-electron chi connectivity index (χ1n) is 11.8. The molecule has 2 aliphatic rings. The zero-order valence-corrected chi connectivity index (χ0v) is 19.9. The summed E-state index contributed by atoms with van der Waals surface area (Å²) in [5.74, 6) is 1.26. The molecule has 2 aromatic rings. The van der Waals surface area contributed by atoms with Gasteiger partial charge in [-0.2, -0.15) is 0 Å². The molecule has 184 valence electrons. The Balaban J connectivity index is 1.49. The Kier molecular flexibility index (Phi) is 7.51. The molecule has 0 atom stereocenters. The lowest BCUT2D eigenvalue weighted by atomic mass is 10.1. The van der Waals surface area contributed by atoms with Crippen molar-refractivity contribution in [3.05, 3.63) is 23.8 Å². The Bertz CT molecular complexity index is 1020. The second-order valence-electron chi connectivity index (χ2n) is 8.38. The molecule has 2 aliphatic heterocycles. The number of fused-ring (bicyclic) bond motifs is 1. The maximum absolute atomic E-state index is 12.0. The van der Waals surface area contributed by atoms with E-state index in [1.54, 1.807) is 15.9 Å². The van der Waals surface area contributed by atoms with E-state index in [1.807, 2.05) is 19.9 Å². The third kappa shape index (κ3) is 5.41. The van der Waals surface area contributed by atoms with E-state index in [-0.39, 0.29) is 12.2 Å². The Morgan fingerprint density at radius 2 is 1.47 bits per heavy atom. The van der Waals surface area contributed by atoms with Crippen molar-refractivity contribution >= 4 is 34.9 Å². The molecule has 0 unspecified atom stereocenters. The van der Waals surface area contributed by atoms with Gasteiger partial charge in [-0.1, -0.05) is 0 Å². The molecular formula is C23H33N7O4. The van der Waals surface area contributed by atoms with Gasteiger partial charge in [-0.05, 0) is 37.6 Å². The minimum atomic E-state index is -0.272. The molecule has 2 amide bonds. The van der Waals surface area contributed by atoms with Gasteiger partial charge in [0.1, 0.15) is 11.6 Å². The largest absolute Gasteiger partial charge is 0.450 e. The topological polar surface area (TPSA) is 117 Å². The van der Waals surface area contributed by atoms with E-state index >= 15 is 0 Å². The molecule has 0 bridgehead atoms. The molecule has 0 saturated carbocycles. The van der Waals surface area contributed by atoms with Gasteiger partial charge in [0.2, 0.25) is 0 Å². The number of ether oxygens (including phenoxy) is 2. The molecule has 0 aromatic carbocycles. The lowest BCUT2D eigenvalue weighted by Gasteiger charge is -2.36. The van der Waals surface area contributed by atoms with Crippen molar-refractivity contribution in [2.75, 3.05) is 76.2 Å². The third-order valence-electron chi connectivity index (χ3n) is 6.19. The van der Waals surface area contributed by atoms with Crippen LogP contribution >= 0.6 is 0 Å². The fourth-order valence-electron chi connectivity index (χ4n) is 4.34. The van der Waals surface area contributed by atoms with E-state index in [2.05, 4.69) is 20.9 Å². The third-order valence-corrected chi connectivity index (χ3v) is 6.19. The van der Waals surface area contributed by atoms with Crippen molar-refractivity contribution in [2.24, 2.45) is 0 Å². The number of nitrogens with zero attached hydrogens (tertiary/aromatic N) is 6. The first kappa shape index (κ1) is 23.8. The van der Waals surface area contributed by atoms with Crippen LogP contribution in [0.5, 0.6) is 0 Å². The second-order valence-corrected chi connectivity index (χ2v) is 8.38. The fraction of sp³-hybridized carbons (Fsp3) is 0.565. The van der Waals surface area contributed by atoms with Crippen LogP contribution in [0, 0.1) is 0 Å². The molecule has 2 N–H and O–H groups in total. The van der Waals surface area contributed by atoms with Crippen LogP contribution in [0.25, 0.3) is 11.0 Å². The van der Waals surface area contributed by atoms with Crippen LogP contribution in [0.2, 0.25) is 0 Å². The standard InChI is InChI=1S/C23H33N7O4/c1-3-33-22(31)29-9-7-27(8-10-29)16-17-15-20(26-21-18(17)5-6-19(24)25-21)28-11-13-30(14-12-28)23(32)34-4-2/h5-6,15H,3-4,7-14,16H2,1-2H3,(H2,24,25,26). The minimum Gasteiger partial charge on any atom is -0.450 e. The van der Waals surface area contributed by atoms with Crippen molar-refractivity contribution in [3.8, 4) is 0 Å². The second kappa shape index (κ2) is 10.7. The molecule has 4 rings (SSSR count). The Morgan fingerprint density at radius 1 is 0.882 bits per heavy atom. The predicted octanol–water partition coefficient (Wildman–Crippen LogP) is 1.76. The number of carbonyl (C=O) groups is 2. The average Bonchev–Trinajstić information content (AvgIpc) is 2.84. The predicted molar refractivity (Wildman–Crippen MR) is 129 cm³/mol. The Labute approximate surface area is 199 Å². The van der Waals surface area contributed by atoms with E-state index < -0.39 is 0 Å². The van der Waals surface area contributed by atoms with Crippen LogP contribution in [0.4, 0.5) is 21.2 Å². The molecule has 0 radical (unpaired) electrons. The van der Waals surface area contributed by atoms with Gasteiger partial charge in [0, 0.05) is 64.3 Å². The molecule has 11 heteroatoms. The number of hydrogen-bond donors (Lipinski definition) is 1. The normalized spacial score (nSPS) is 17.2. The Hall–Kier alpha value is -3.34. The van der Waals surface area contributed by atoms with Gasteiger partial charge >= 0.3 is 12.2 Å². The number of carbonyl (C=O) groups excluding carboxylic acids is 2. The van der Waals surface area contributed by atoms with Crippen molar-refractivity contribution in [3.63, 3.8) is 0 Å². The number of nitrogen functional groups attached to an aromatic ring is 1. The zero-order valence-electron chi connectivity index (χ0n) is 19.9. The molecule has 34 heavy (non-hydrogen) atoms. The molecule has 4 heterocycles. The lowest BCUT2D eigenvalue weighted by molar-refractivity contribution is 0.0779. The number of pyridine rings is 2.